The summed E-state index contributed by atoms with van der Waals surface area (Å²) in [6.45, 7) is 1.76. The molecule has 0 aromatic heterocycles. The highest BCUT2D eigenvalue weighted by atomic mass is 35.5. The predicted octanol–water partition coefficient (Wildman–Crippen LogP) is 3.45. The molecule has 0 saturated carbocycles. The van der Waals surface area contributed by atoms with E-state index in [0.29, 0.717) is 10.6 Å². The molecule has 4 nitrogen and oxygen atoms in total. The van der Waals surface area contributed by atoms with Crippen molar-refractivity contribution in [2.24, 2.45) is 0 Å². The summed E-state index contributed by atoms with van der Waals surface area (Å²) in [5, 5.41) is 3.27. The zero-order valence-corrected chi connectivity index (χ0v) is 13.1. The van der Waals surface area contributed by atoms with Crippen LogP contribution in [0.3, 0.4) is 0 Å². The standard InChI is InChI=1S/C17H14ClFN2O2/c1-17(12-4-8-14(19)9-5-12)15(22)21(16(23)20-17)10-11-2-6-13(18)7-3-11/h2-9H,10H2,1H3,(H,20,23)/t17-/m1/s1. The second-order valence-electron chi connectivity index (χ2n) is 5.58. The van der Waals surface area contributed by atoms with Gasteiger partial charge in [0.1, 0.15) is 11.4 Å². The molecule has 1 fully saturated rings. The van der Waals surface area contributed by atoms with Gasteiger partial charge in [0.25, 0.3) is 5.91 Å². The van der Waals surface area contributed by atoms with E-state index in [9.17, 15) is 14.0 Å². The third-order valence-electron chi connectivity index (χ3n) is 3.95. The van der Waals surface area contributed by atoms with E-state index in [1.165, 1.54) is 24.3 Å². The van der Waals surface area contributed by atoms with Crippen LogP contribution in [0.2, 0.25) is 5.02 Å². The van der Waals surface area contributed by atoms with Gasteiger partial charge in [0.15, 0.2) is 0 Å². The van der Waals surface area contributed by atoms with Crippen molar-refractivity contribution in [1.29, 1.82) is 0 Å². The molecule has 6 heteroatoms. The van der Waals surface area contributed by atoms with E-state index in [0.717, 1.165) is 10.5 Å². The zero-order chi connectivity index (χ0) is 16.6. The van der Waals surface area contributed by atoms with Gasteiger partial charge in [0, 0.05) is 5.02 Å². The Morgan fingerprint density at radius 3 is 2.30 bits per heavy atom. The molecule has 0 radical (unpaired) electrons. The van der Waals surface area contributed by atoms with E-state index in [2.05, 4.69) is 5.32 Å². The topological polar surface area (TPSA) is 49.4 Å². The molecule has 2 aromatic carbocycles. The molecule has 1 saturated heterocycles. The number of nitrogens with zero attached hydrogens (tertiary/aromatic N) is 1. The molecule has 1 heterocycles. The van der Waals surface area contributed by atoms with E-state index in [-0.39, 0.29) is 12.5 Å². The van der Waals surface area contributed by atoms with Gasteiger partial charge in [-0.1, -0.05) is 35.9 Å². The molecule has 3 amide bonds. The van der Waals surface area contributed by atoms with Gasteiger partial charge >= 0.3 is 6.03 Å². The van der Waals surface area contributed by atoms with Crippen LogP contribution in [0.1, 0.15) is 18.1 Å². The highest BCUT2D eigenvalue weighted by Gasteiger charge is 2.48. The van der Waals surface area contributed by atoms with Crippen LogP contribution in [-0.2, 0) is 16.9 Å². The molecule has 0 aliphatic carbocycles. The van der Waals surface area contributed by atoms with Crippen LogP contribution in [0.15, 0.2) is 48.5 Å². The number of rotatable bonds is 3. The van der Waals surface area contributed by atoms with Crippen molar-refractivity contribution in [3.05, 3.63) is 70.5 Å². The first-order chi connectivity index (χ1) is 10.9. The van der Waals surface area contributed by atoms with Crippen molar-refractivity contribution in [2.45, 2.75) is 19.0 Å². The number of carbonyl (C=O) groups is 2. The third kappa shape index (κ3) is 2.80. The first-order valence-electron chi connectivity index (χ1n) is 7.05. The van der Waals surface area contributed by atoms with Crippen LogP contribution >= 0.6 is 11.6 Å². The Morgan fingerprint density at radius 1 is 1.09 bits per heavy atom. The number of carbonyl (C=O) groups excluding carboxylic acids is 2. The van der Waals surface area contributed by atoms with Crippen molar-refractivity contribution < 1.29 is 14.0 Å². The van der Waals surface area contributed by atoms with Crippen LogP contribution in [0.4, 0.5) is 9.18 Å². The molecule has 0 bridgehead atoms. The molecule has 1 N–H and O–H groups in total. The van der Waals surface area contributed by atoms with Crippen molar-refractivity contribution in [1.82, 2.24) is 10.2 Å². The van der Waals surface area contributed by atoms with Gasteiger partial charge in [-0.2, -0.15) is 0 Å². The number of nitrogens with one attached hydrogen (secondary N) is 1. The van der Waals surface area contributed by atoms with Crippen LogP contribution in [0.25, 0.3) is 0 Å². The fourth-order valence-corrected chi connectivity index (χ4v) is 2.72. The lowest BCUT2D eigenvalue weighted by atomic mass is 9.92. The van der Waals surface area contributed by atoms with Crippen LogP contribution in [0.5, 0.6) is 0 Å². The summed E-state index contributed by atoms with van der Waals surface area (Å²) in [6, 6.07) is 12.0. The lowest BCUT2D eigenvalue weighted by Crippen LogP contribution is -2.40. The minimum atomic E-state index is -1.20. The van der Waals surface area contributed by atoms with Gasteiger partial charge in [0.05, 0.1) is 6.54 Å². The number of benzene rings is 2. The van der Waals surface area contributed by atoms with Crippen LogP contribution in [0, 0.1) is 5.82 Å². The van der Waals surface area contributed by atoms with E-state index in [4.69, 9.17) is 11.6 Å². The average molecular weight is 333 g/mol. The Bertz CT molecular complexity index is 761. The lowest BCUT2D eigenvalue weighted by molar-refractivity contribution is -0.131. The summed E-state index contributed by atoms with van der Waals surface area (Å²) >= 11 is 5.83. The summed E-state index contributed by atoms with van der Waals surface area (Å²) in [5.41, 5.74) is 0.133. The molecule has 1 atom stereocenters. The summed E-state index contributed by atoms with van der Waals surface area (Å²) in [4.78, 5) is 26.1. The quantitative estimate of drug-likeness (QED) is 0.875. The van der Waals surface area contributed by atoms with E-state index >= 15 is 0 Å². The molecule has 0 unspecified atom stereocenters. The van der Waals surface area contributed by atoms with Crippen LogP contribution in [-0.4, -0.2) is 16.8 Å². The maximum atomic E-state index is 13.1. The number of amides is 3. The third-order valence-corrected chi connectivity index (χ3v) is 4.20. The Hall–Kier alpha value is -2.40. The van der Waals surface area contributed by atoms with E-state index < -0.39 is 17.4 Å². The Morgan fingerprint density at radius 2 is 1.70 bits per heavy atom. The fraction of sp³-hybridized carbons (Fsp3) is 0.176. The fourth-order valence-electron chi connectivity index (χ4n) is 2.59. The summed E-state index contributed by atoms with van der Waals surface area (Å²) in [6.07, 6.45) is 0. The largest absolute Gasteiger partial charge is 0.325 e. The van der Waals surface area contributed by atoms with Crippen molar-refractivity contribution in [3.63, 3.8) is 0 Å². The minimum absolute atomic E-state index is 0.151. The summed E-state index contributed by atoms with van der Waals surface area (Å²) in [5.74, 6) is -0.767. The van der Waals surface area contributed by atoms with Gasteiger partial charge in [-0.05, 0) is 42.3 Å². The van der Waals surface area contributed by atoms with Gasteiger partial charge in [-0.25, -0.2) is 9.18 Å². The summed E-state index contributed by atoms with van der Waals surface area (Å²) in [7, 11) is 0. The molecule has 23 heavy (non-hydrogen) atoms. The number of halogens is 2. The molecular weight excluding hydrogens is 319 g/mol. The van der Waals surface area contributed by atoms with Crippen molar-refractivity contribution in [3.8, 4) is 0 Å². The SMILES string of the molecule is C[C@]1(c2ccc(F)cc2)NC(=O)N(Cc2ccc(Cl)cc2)C1=O. The van der Waals surface area contributed by atoms with Gasteiger partial charge < -0.3 is 5.32 Å². The number of hydrogen-bond donors (Lipinski definition) is 1. The molecule has 1 aliphatic heterocycles. The first-order valence-corrected chi connectivity index (χ1v) is 7.42. The molecular formula is C17H14ClFN2O2. The van der Waals surface area contributed by atoms with Gasteiger partial charge in [0.2, 0.25) is 0 Å². The zero-order valence-electron chi connectivity index (χ0n) is 12.3. The second kappa shape index (κ2) is 5.66. The monoisotopic (exact) mass is 332 g/mol. The number of urea groups is 1. The van der Waals surface area contributed by atoms with Crippen LogP contribution < -0.4 is 5.32 Å². The van der Waals surface area contributed by atoms with E-state index in [1.807, 2.05) is 0 Å². The van der Waals surface area contributed by atoms with Crippen molar-refractivity contribution in [2.75, 3.05) is 0 Å². The minimum Gasteiger partial charge on any atom is -0.319 e. The smallest absolute Gasteiger partial charge is 0.319 e. The highest BCUT2D eigenvalue weighted by Crippen LogP contribution is 2.30. The predicted molar refractivity (Wildman–Crippen MR) is 84.3 cm³/mol. The Labute approximate surface area is 137 Å². The molecule has 3 rings (SSSR count). The molecule has 118 valence electrons. The van der Waals surface area contributed by atoms with Crippen molar-refractivity contribution >= 4 is 23.5 Å². The maximum absolute atomic E-state index is 13.1. The Balaban J connectivity index is 1.87. The normalized spacial score (nSPS) is 20.7. The van der Waals surface area contributed by atoms with Gasteiger partial charge in [-0.15, -0.1) is 0 Å². The molecule has 2 aromatic rings. The molecule has 0 spiro atoms. The molecule has 1 aliphatic rings. The summed E-state index contributed by atoms with van der Waals surface area (Å²) < 4.78 is 13.1. The highest BCUT2D eigenvalue weighted by molar-refractivity contribution is 6.30. The maximum Gasteiger partial charge on any atom is 0.325 e. The lowest BCUT2D eigenvalue weighted by Gasteiger charge is -2.22. The second-order valence-corrected chi connectivity index (χ2v) is 6.02. The first kappa shape index (κ1) is 15.5. The van der Waals surface area contributed by atoms with E-state index in [1.54, 1.807) is 31.2 Å². The number of hydrogen-bond acceptors (Lipinski definition) is 2. The average Bonchev–Trinajstić information content (AvgIpc) is 2.74. The van der Waals surface area contributed by atoms with Gasteiger partial charge in [-0.3, -0.25) is 9.69 Å². The Kier molecular flexibility index (Phi) is 3.82. The number of imide groups is 1.